The van der Waals surface area contributed by atoms with E-state index < -0.39 is 5.60 Å². The summed E-state index contributed by atoms with van der Waals surface area (Å²) in [7, 11) is 0. The van der Waals surface area contributed by atoms with Gasteiger partial charge in [-0.15, -0.1) is 0 Å². The highest BCUT2D eigenvalue weighted by Crippen LogP contribution is 2.34. The molecule has 1 saturated heterocycles. The van der Waals surface area contributed by atoms with Crippen molar-refractivity contribution in [2.45, 2.75) is 51.6 Å². The number of ether oxygens (including phenoxy) is 1. The number of carbonyl (C=O) groups is 3. The average Bonchev–Trinajstić information content (AvgIpc) is 2.44. The van der Waals surface area contributed by atoms with Gasteiger partial charge in [0, 0.05) is 19.3 Å². The third kappa shape index (κ3) is 3.46. The smallest absolute Gasteiger partial charge is 0.306 e. The molecule has 1 heterocycles. The molecule has 0 amide bonds. The molecule has 1 unspecified atom stereocenters. The van der Waals surface area contributed by atoms with Gasteiger partial charge in [0.05, 0.1) is 0 Å². The molecular formula is C11H16O4. The molecule has 0 spiro atoms. The first-order chi connectivity index (χ1) is 6.93. The van der Waals surface area contributed by atoms with Crippen LogP contribution in [-0.4, -0.2) is 23.1 Å². The van der Waals surface area contributed by atoms with E-state index in [9.17, 15) is 14.4 Å². The fraction of sp³-hybridized carbons (Fsp3) is 0.727. The lowest BCUT2D eigenvalue weighted by molar-refractivity contribution is -0.151. The van der Waals surface area contributed by atoms with Gasteiger partial charge in [-0.3, -0.25) is 9.59 Å². The van der Waals surface area contributed by atoms with Gasteiger partial charge in [-0.25, -0.2) is 0 Å². The molecule has 0 aromatic rings. The van der Waals surface area contributed by atoms with Crippen LogP contribution < -0.4 is 0 Å². The summed E-state index contributed by atoms with van der Waals surface area (Å²) in [5.41, 5.74) is -0.700. The van der Waals surface area contributed by atoms with Crippen molar-refractivity contribution in [1.82, 2.24) is 0 Å². The largest absolute Gasteiger partial charge is 0.459 e. The Kier molecular flexibility index (Phi) is 3.61. The maximum atomic E-state index is 11.1. The topological polar surface area (TPSA) is 60.4 Å². The third-order valence-electron chi connectivity index (χ3n) is 2.62. The van der Waals surface area contributed by atoms with E-state index in [1.165, 1.54) is 13.8 Å². The van der Waals surface area contributed by atoms with Crippen LogP contribution in [0.5, 0.6) is 0 Å². The van der Waals surface area contributed by atoms with Crippen molar-refractivity contribution in [3.63, 3.8) is 0 Å². The number of esters is 1. The van der Waals surface area contributed by atoms with E-state index in [2.05, 4.69) is 0 Å². The van der Waals surface area contributed by atoms with Crippen molar-refractivity contribution in [1.29, 1.82) is 0 Å². The second-order valence-electron chi connectivity index (χ2n) is 4.24. The molecular weight excluding hydrogens is 196 g/mol. The predicted octanol–water partition coefficient (Wildman–Crippen LogP) is 1.41. The van der Waals surface area contributed by atoms with Crippen LogP contribution in [0.2, 0.25) is 0 Å². The van der Waals surface area contributed by atoms with Crippen molar-refractivity contribution >= 4 is 17.5 Å². The van der Waals surface area contributed by atoms with E-state index >= 15 is 0 Å². The molecule has 0 bridgehead atoms. The van der Waals surface area contributed by atoms with Gasteiger partial charge in [0.2, 0.25) is 0 Å². The van der Waals surface area contributed by atoms with E-state index in [4.69, 9.17) is 4.74 Å². The normalized spacial score (nSPS) is 25.1. The van der Waals surface area contributed by atoms with E-state index in [0.717, 1.165) is 0 Å². The summed E-state index contributed by atoms with van der Waals surface area (Å²) in [6, 6.07) is 0. The molecule has 1 aliphatic heterocycles. The van der Waals surface area contributed by atoms with Gasteiger partial charge in [0.25, 0.3) is 0 Å². The summed E-state index contributed by atoms with van der Waals surface area (Å²) in [6.45, 7) is 2.97. The van der Waals surface area contributed by atoms with Gasteiger partial charge in [0.1, 0.15) is 17.2 Å². The molecule has 0 saturated carbocycles. The number of carbonyl (C=O) groups excluding carboxylic acids is 3. The Balaban J connectivity index is 2.64. The summed E-state index contributed by atoms with van der Waals surface area (Å²) in [5, 5.41) is 0. The van der Waals surface area contributed by atoms with Crippen molar-refractivity contribution in [3.8, 4) is 0 Å². The molecule has 1 rings (SSSR count). The van der Waals surface area contributed by atoms with Crippen LogP contribution in [0.25, 0.3) is 0 Å². The Bertz CT molecular complexity index is 295. The minimum atomic E-state index is -0.700. The first-order valence-corrected chi connectivity index (χ1v) is 5.14. The zero-order valence-electron chi connectivity index (χ0n) is 9.17. The molecule has 0 aromatic heterocycles. The lowest BCUT2D eigenvalue weighted by atomic mass is 9.88. The number of ketones is 2. The minimum Gasteiger partial charge on any atom is -0.459 e. The molecule has 0 aromatic carbocycles. The second-order valence-corrected chi connectivity index (χ2v) is 4.24. The standard InChI is InChI=1S/C11H16O4/c1-8(12)3-5-11(7-9(2)13)6-4-10(14)15-11/h3-7H2,1-2H3. The van der Waals surface area contributed by atoms with Gasteiger partial charge in [-0.05, 0) is 26.7 Å². The van der Waals surface area contributed by atoms with Crippen molar-refractivity contribution in [2.75, 3.05) is 0 Å². The zero-order chi connectivity index (χ0) is 11.5. The second kappa shape index (κ2) is 4.55. The number of Topliss-reactive ketones (excluding diaryl/α,β-unsaturated/α-hetero) is 2. The maximum Gasteiger partial charge on any atom is 0.306 e. The first-order valence-electron chi connectivity index (χ1n) is 5.14. The first kappa shape index (κ1) is 11.9. The van der Waals surface area contributed by atoms with Crippen molar-refractivity contribution in [2.24, 2.45) is 0 Å². The van der Waals surface area contributed by atoms with E-state index in [1.54, 1.807) is 0 Å². The Hall–Kier alpha value is -1.19. The Morgan fingerprint density at radius 3 is 2.40 bits per heavy atom. The highest BCUT2D eigenvalue weighted by Gasteiger charge is 2.41. The Morgan fingerprint density at radius 2 is 2.00 bits per heavy atom. The lowest BCUT2D eigenvalue weighted by Gasteiger charge is -2.26. The Labute approximate surface area is 89.0 Å². The molecule has 0 N–H and O–H groups in total. The van der Waals surface area contributed by atoms with Crippen LogP contribution in [0, 0.1) is 0 Å². The average molecular weight is 212 g/mol. The summed E-state index contributed by atoms with van der Waals surface area (Å²) in [5.74, 6) is -0.214. The van der Waals surface area contributed by atoms with Crippen LogP contribution >= 0.6 is 0 Å². The molecule has 1 fully saturated rings. The number of rotatable bonds is 5. The van der Waals surface area contributed by atoms with E-state index in [1.807, 2.05) is 0 Å². The summed E-state index contributed by atoms with van der Waals surface area (Å²) in [4.78, 5) is 33.0. The fourth-order valence-electron chi connectivity index (χ4n) is 1.92. The summed E-state index contributed by atoms with van der Waals surface area (Å²) in [6.07, 6.45) is 1.96. The minimum absolute atomic E-state index is 0.00625. The van der Waals surface area contributed by atoms with Crippen LogP contribution in [-0.2, 0) is 19.1 Å². The fourth-order valence-corrected chi connectivity index (χ4v) is 1.92. The van der Waals surface area contributed by atoms with Gasteiger partial charge in [-0.2, -0.15) is 0 Å². The van der Waals surface area contributed by atoms with Gasteiger partial charge < -0.3 is 9.53 Å². The van der Waals surface area contributed by atoms with Gasteiger partial charge in [0.15, 0.2) is 0 Å². The molecule has 0 aliphatic carbocycles. The number of hydrogen-bond acceptors (Lipinski definition) is 4. The van der Waals surface area contributed by atoms with Crippen LogP contribution in [0.15, 0.2) is 0 Å². The van der Waals surface area contributed by atoms with Crippen molar-refractivity contribution < 1.29 is 19.1 Å². The molecule has 15 heavy (non-hydrogen) atoms. The van der Waals surface area contributed by atoms with Gasteiger partial charge in [-0.1, -0.05) is 0 Å². The quantitative estimate of drug-likeness (QED) is 0.646. The zero-order valence-corrected chi connectivity index (χ0v) is 9.17. The summed E-state index contributed by atoms with van der Waals surface area (Å²) >= 11 is 0. The van der Waals surface area contributed by atoms with Crippen LogP contribution in [0.1, 0.15) is 46.0 Å². The molecule has 1 atom stereocenters. The predicted molar refractivity (Wildman–Crippen MR) is 53.3 cm³/mol. The highest BCUT2D eigenvalue weighted by molar-refractivity contribution is 5.80. The van der Waals surface area contributed by atoms with E-state index in [0.29, 0.717) is 25.7 Å². The summed E-state index contributed by atoms with van der Waals surface area (Å²) < 4.78 is 5.20. The molecule has 0 radical (unpaired) electrons. The van der Waals surface area contributed by atoms with Crippen molar-refractivity contribution in [3.05, 3.63) is 0 Å². The monoisotopic (exact) mass is 212 g/mol. The Morgan fingerprint density at radius 1 is 1.33 bits per heavy atom. The SMILES string of the molecule is CC(=O)CCC1(CC(C)=O)CCC(=O)O1. The highest BCUT2D eigenvalue weighted by atomic mass is 16.6. The van der Waals surface area contributed by atoms with Crippen LogP contribution in [0.4, 0.5) is 0 Å². The number of hydrogen-bond donors (Lipinski definition) is 0. The molecule has 84 valence electrons. The molecule has 4 heteroatoms. The number of cyclic esters (lactones) is 1. The maximum absolute atomic E-state index is 11.1. The molecule has 4 nitrogen and oxygen atoms in total. The van der Waals surface area contributed by atoms with E-state index in [-0.39, 0.29) is 24.0 Å². The van der Waals surface area contributed by atoms with Crippen LogP contribution in [0.3, 0.4) is 0 Å². The third-order valence-corrected chi connectivity index (χ3v) is 2.62. The lowest BCUT2D eigenvalue weighted by Crippen LogP contribution is -2.31. The molecule has 1 aliphatic rings. The van der Waals surface area contributed by atoms with Gasteiger partial charge >= 0.3 is 5.97 Å².